The van der Waals surface area contributed by atoms with E-state index in [0.717, 1.165) is 19.1 Å². The van der Waals surface area contributed by atoms with Crippen LogP contribution in [0.25, 0.3) is 0 Å². The molecule has 0 aliphatic rings. The molecule has 0 radical (unpaired) electrons. The number of ketones is 1. The van der Waals surface area contributed by atoms with Gasteiger partial charge in [0.1, 0.15) is 0 Å². The van der Waals surface area contributed by atoms with Gasteiger partial charge in [0.2, 0.25) is 5.91 Å². The van der Waals surface area contributed by atoms with Crippen molar-refractivity contribution in [2.24, 2.45) is 0 Å². The van der Waals surface area contributed by atoms with E-state index in [0.29, 0.717) is 6.07 Å². The zero-order valence-corrected chi connectivity index (χ0v) is 10.0. The topological polar surface area (TPSA) is 66.4 Å². The van der Waals surface area contributed by atoms with Gasteiger partial charge in [-0.2, -0.15) is 13.2 Å². The van der Waals surface area contributed by atoms with Gasteiger partial charge in [0.15, 0.2) is 5.78 Å². The Bertz CT molecular complexity index is 497. The molecule has 1 rings (SSSR count). The first-order valence-corrected chi connectivity index (χ1v) is 5.38. The molecule has 0 aromatic heterocycles. The SMILES string of the molecule is CC(=O)Nc1cc(C(F)(F)F)ccc1C(=O)CCO. The minimum absolute atomic E-state index is 0.0581. The highest BCUT2D eigenvalue weighted by Crippen LogP contribution is 2.32. The Morgan fingerprint density at radius 2 is 1.95 bits per heavy atom. The predicted molar refractivity (Wildman–Crippen MR) is 61.8 cm³/mol. The molecule has 0 fully saturated rings. The van der Waals surface area contributed by atoms with Crippen LogP contribution in [0.3, 0.4) is 0 Å². The van der Waals surface area contributed by atoms with Crippen LogP contribution in [-0.2, 0) is 11.0 Å². The molecule has 0 saturated carbocycles. The Kier molecular flexibility index (Phi) is 4.66. The molecular weight excluding hydrogens is 263 g/mol. The van der Waals surface area contributed by atoms with E-state index in [4.69, 9.17) is 5.11 Å². The zero-order chi connectivity index (χ0) is 14.6. The molecule has 0 saturated heterocycles. The average molecular weight is 275 g/mol. The number of aliphatic hydroxyl groups excluding tert-OH is 1. The molecule has 1 amide bonds. The highest BCUT2D eigenvalue weighted by atomic mass is 19.4. The summed E-state index contributed by atoms with van der Waals surface area (Å²) < 4.78 is 37.6. The summed E-state index contributed by atoms with van der Waals surface area (Å²) in [4.78, 5) is 22.6. The second-order valence-electron chi connectivity index (χ2n) is 3.84. The summed E-state index contributed by atoms with van der Waals surface area (Å²) in [6, 6.07) is 2.45. The van der Waals surface area contributed by atoms with E-state index >= 15 is 0 Å². The van der Waals surface area contributed by atoms with Crippen LogP contribution in [0.15, 0.2) is 18.2 Å². The molecule has 0 bridgehead atoms. The first kappa shape index (κ1) is 15.2. The number of hydrogen-bond acceptors (Lipinski definition) is 3. The standard InChI is InChI=1S/C12H12F3NO3/c1-7(18)16-10-6-8(12(13,14)15)2-3-9(10)11(19)4-5-17/h2-3,6,17H,4-5H2,1H3,(H,16,18). The van der Waals surface area contributed by atoms with Crippen LogP contribution in [-0.4, -0.2) is 23.4 Å². The predicted octanol–water partition coefficient (Wildman–Crippen LogP) is 2.23. The Morgan fingerprint density at radius 3 is 2.42 bits per heavy atom. The van der Waals surface area contributed by atoms with Crippen LogP contribution in [0.1, 0.15) is 29.3 Å². The Morgan fingerprint density at radius 1 is 1.32 bits per heavy atom. The van der Waals surface area contributed by atoms with Crippen molar-refractivity contribution in [2.75, 3.05) is 11.9 Å². The number of anilines is 1. The molecule has 0 unspecified atom stereocenters. The van der Waals surface area contributed by atoms with Crippen molar-refractivity contribution in [2.45, 2.75) is 19.5 Å². The van der Waals surface area contributed by atoms with Gasteiger partial charge in [0, 0.05) is 18.9 Å². The second-order valence-corrected chi connectivity index (χ2v) is 3.84. The molecule has 0 atom stereocenters. The Hall–Kier alpha value is -1.89. The van der Waals surface area contributed by atoms with E-state index in [2.05, 4.69) is 5.32 Å². The minimum atomic E-state index is -4.56. The van der Waals surface area contributed by atoms with Gasteiger partial charge in [-0.25, -0.2) is 0 Å². The number of halogens is 3. The molecular formula is C12H12F3NO3. The van der Waals surface area contributed by atoms with E-state index < -0.39 is 30.0 Å². The lowest BCUT2D eigenvalue weighted by Crippen LogP contribution is -2.14. The van der Waals surface area contributed by atoms with Crippen LogP contribution in [0.2, 0.25) is 0 Å². The Labute approximate surface area is 107 Å². The van der Waals surface area contributed by atoms with Crippen LogP contribution in [0, 0.1) is 0 Å². The largest absolute Gasteiger partial charge is 0.416 e. The van der Waals surface area contributed by atoms with E-state index in [1.165, 1.54) is 0 Å². The Balaban J connectivity index is 3.24. The summed E-state index contributed by atoms with van der Waals surface area (Å²) in [6.45, 7) is 0.708. The molecule has 0 aliphatic heterocycles. The number of carbonyl (C=O) groups is 2. The van der Waals surface area contributed by atoms with Gasteiger partial charge in [0.05, 0.1) is 17.9 Å². The third-order valence-electron chi connectivity index (χ3n) is 2.30. The molecule has 7 heteroatoms. The number of aliphatic hydroxyl groups is 1. The molecule has 0 aliphatic carbocycles. The molecule has 104 valence electrons. The number of hydrogen-bond donors (Lipinski definition) is 2. The van der Waals surface area contributed by atoms with E-state index in [-0.39, 0.29) is 17.7 Å². The van der Waals surface area contributed by atoms with Gasteiger partial charge in [-0.1, -0.05) is 0 Å². The minimum Gasteiger partial charge on any atom is -0.396 e. The molecule has 1 aromatic carbocycles. The van der Waals surface area contributed by atoms with Crippen molar-refractivity contribution >= 4 is 17.4 Å². The van der Waals surface area contributed by atoms with Crippen LogP contribution < -0.4 is 5.32 Å². The van der Waals surface area contributed by atoms with Crippen LogP contribution in [0.4, 0.5) is 18.9 Å². The van der Waals surface area contributed by atoms with Crippen molar-refractivity contribution in [1.82, 2.24) is 0 Å². The van der Waals surface area contributed by atoms with Crippen LogP contribution in [0.5, 0.6) is 0 Å². The quantitative estimate of drug-likeness (QED) is 0.828. The van der Waals surface area contributed by atoms with E-state index in [9.17, 15) is 22.8 Å². The fourth-order valence-corrected chi connectivity index (χ4v) is 1.49. The average Bonchev–Trinajstić information content (AvgIpc) is 2.27. The fraction of sp³-hybridized carbons (Fsp3) is 0.333. The van der Waals surface area contributed by atoms with Gasteiger partial charge in [0.25, 0.3) is 0 Å². The summed E-state index contributed by atoms with van der Waals surface area (Å²) in [5.41, 5.74) is -1.23. The number of carbonyl (C=O) groups excluding carboxylic acids is 2. The maximum absolute atomic E-state index is 12.5. The summed E-state index contributed by atoms with van der Waals surface area (Å²) in [7, 11) is 0. The number of rotatable bonds is 4. The van der Waals surface area contributed by atoms with Gasteiger partial charge in [-0.3, -0.25) is 9.59 Å². The van der Waals surface area contributed by atoms with Crippen molar-refractivity contribution < 1.29 is 27.9 Å². The van der Waals surface area contributed by atoms with E-state index in [1.807, 2.05) is 0 Å². The zero-order valence-electron chi connectivity index (χ0n) is 10.0. The monoisotopic (exact) mass is 275 g/mol. The van der Waals surface area contributed by atoms with Crippen molar-refractivity contribution in [3.05, 3.63) is 29.3 Å². The van der Waals surface area contributed by atoms with Crippen molar-refractivity contribution in [3.63, 3.8) is 0 Å². The summed E-state index contributed by atoms with van der Waals surface area (Å²) in [5.74, 6) is -1.13. The van der Waals surface area contributed by atoms with Crippen molar-refractivity contribution in [1.29, 1.82) is 0 Å². The lowest BCUT2D eigenvalue weighted by Gasteiger charge is -2.13. The van der Waals surface area contributed by atoms with Crippen molar-refractivity contribution in [3.8, 4) is 0 Å². The number of nitrogens with one attached hydrogen (secondary N) is 1. The number of alkyl halides is 3. The fourth-order valence-electron chi connectivity index (χ4n) is 1.49. The summed E-state index contributed by atoms with van der Waals surface area (Å²) in [5, 5.41) is 10.9. The lowest BCUT2D eigenvalue weighted by atomic mass is 10.0. The normalized spacial score (nSPS) is 11.2. The number of benzene rings is 1. The van der Waals surface area contributed by atoms with Gasteiger partial charge >= 0.3 is 6.18 Å². The maximum Gasteiger partial charge on any atom is 0.416 e. The third kappa shape index (κ3) is 4.06. The summed E-state index contributed by atoms with van der Waals surface area (Å²) in [6.07, 6.45) is -4.79. The van der Waals surface area contributed by atoms with Gasteiger partial charge in [-0.15, -0.1) is 0 Å². The highest BCUT2D eigenvalue weighted by Gasteiger charge is 2.31. The number of Topliss-reactive ketones (excluding diaryl/α,β-unsaturated/α-hetero) is 1. The summed E-state index contributed by atoms with van der Waals surface area (Å²) >= 11 is 0. The lowest BCUT2D eigenvalue weighted by molar-refractivity contribution is -0.137. The number of amides is 1. The van der Waals surface area contributed by atoms with Gasteiger partial charge in [-0.05, 0) is 18.2 Å². The molecule has 2 N–H and O–H groups in total. The first-order chi connectivity index (χ1) is 8.75. The first-order valence-electron chi connectivity index (χ1n) is 5.38. The van der Waals surface area contributed by atoms with Gasteiger partial charge < -0.3 is 10.4 Å². The van der Waals surface area contributed by atoms with E-state index in [1.54, 1.807) is 0 Å². The smallest absolute Gasteiger partial charge is 0.396 e. The third-order valence-corrected chi connectivity index (χ3v) is 2.30. The second kappa shape index (κ2) is 5.83. The molecule has 4 nitrogen and oxygen atoms in total. The molecule has 1 aromatic rings. The molecule has 0 heterocycles. The molecule has 19 heavy (non-hydrogen) atoms. The maximum atomic E-state index is 12.5. The van der Waals surface area contributed by atoms with Crippen LogP contribution >= 0.6 is 0 Å². The highest BCUT2D eigenvalue weighted by molar-refractivity contribution is 6.04. The molecule has 0 spiro atoms.